The molecule has 0 aliphatic carbocycles. The van der Waals surface area contributed by atoms with Crippen LogP contribution in [0.15, 0.2) is 24.3 Å². The molecule has 120 valence electrons. The zero-order valence-corrected chi connectivity index (χ0v) is 14.0. The summed E-state index contributed by atoms with van der Waals surface area (Å²) in [5.74, 6) is -0.0987. The lowest BCUT2D eigenvalue weighted by atomic mass is 9.99. The van der Waals surface area contributed by atoms with E-state index in [-0.39, 0.29) is 11.9 Å². The number of unbranched alkanes of at least 4 members (excludes halogenated alkanes) is 4. The highest BCUT2D eigenvalue weighted by Gasteiger charge is 2.15. The zero-order chi connectivity index (χ0) is 15.5. The van der Waals surface area contributed by atoms with E-state index < -0.39 is 0 Å². The minimum absolute atomic E-state index is 0.0828. The maximum Gasteiger partial charge on any atom is 0.127 e. The molecule has 0 fully saturated rings. The third-order valence-corrected chi connectivity index (χ3v) is 4.17. The van der Waals surface area contributed by atoms with Crippen molar-refractivity contribution < 1.29 is 4.39 Å². The number of halogens is 1. The zero-order valence-electron chi connectivity index (χ0n) is 14.0. The Kier molecular flexibility index (Phi) is 9.32. The van der Waals surface area contributed by atoms with Gasteiger partial charge in [0.15, 0.2) is 0 Å². The van der Waals surface area contributed by atoms with Crippen LogP contribution in [0.3, 0.4) is 0 Å². The fourth-order valence-corrected chi connectivity index (χ4v) is 2.86. The van der Waals surface area contributed by atoms with Crippen molar-refractivity contribution >= 4 is 0 Å². The Morgan fingerprint density at radius 1 is 0.952 bits per heavy atom. The first-order valence-corrected chi connectivity index (χ1v) is 8.69. The normalized spacial score (nSPS) is 12.8. The van der Waals surface area contributed by atoms with E-state index in [4.69, 9.17) is 0 Å². The molecule has 21 heavy (non-hydrogen) atoms. The second kappa shape index (κ2) is 10.8. The Labute approximate surface area is 130 Å². The number of hydrogen-bond acceptors (Lipinski definition) is 1. The average Bonchev–Trinajstić information content (AvgIpc) is 2.48. The van der Waals surface area contributed by atoms with Gasteiger partial charge in [-0.2, -0.15) is 0 Å². The van der Waals surface area contributed by atoms with Crippen molar-refractivity contribution in [1.82, 2.24) is 5.32 Å². The standard InChI is InChI=1S/C19H32FN/c1-4-6-8-12-17(13-9-7-5-2)21-16(3)18-14-10-11-15-19(18)20/h10-11,14-17,21H,4-9,12-13H2,1-3H3/t16-/m1/s1. The van der Waals surface area contributed by atoms with Gasteiger partial charge in [0.1, 0.15) is 5.82 Å². The molecule has 0 radical (unpaired) electrons. The third-order valence-electron chi connectivity index (χ3n) is 4.17. The van der Waals surface area contributed by atoms with Gasteiger partial charge >= 0.3 is 0 Å². The molecule has 0 spiro atoms. The fourth-order valence-electron chi connectivity index (χ4n) is 2.86. The Balaban J connectivity index is 2.54. The highest BCUT2D eigenvalue weighted by molar-refractivity contribution is 5.20. The van der Waals surface area contributed by atoms with Gasteiger partial charge in [0.05, 0.1) is 0 Å². The highest BCUT2D eigenvalue weighted by atomic mass is 19.1. The first kappa shape index (κ1) is 18.2. The van der Waals surface area contributed by atoms with E-state index in [1.807, 2.05) is 12.1 Å². The molecule has 1 aromatic carbocycles. The van der Waals surface area contributed by atoms with Gasteiger partial charge in [-0.1, -0.05) is 70.6 Å². The van der Waals surface area contributed by atoms with Crippen molar-refractivity contribution in [2.45, 2.75) is 84.2 Å². The lowest BCUT2D eigenvalue weighted by Gasteiger charge is -2.24. The largest absolute Gasteiger partial charge is 0.307 e. The molecule has 0 amide bonds. The third kappa shape index (κ3) is 7.08. The Bertz CT molecular complexity index is 368. The van der Waals surface area contributed by atoms with Gasteiger partial charge in [-0.3, -0.25) is 0 Å². The van der Waals surface area contributed by atoms with E-state index in [2.05, 4.69) is 26.1 Å². The maximum atomic E-state index is 13.9. The van der Waals surface area contributed by atoms with Crippen molar-refractivity contribution in [3.8, 4) is 0 Å². The molecule has 0 heterocycles. The van der Waals surface area contributed by atoms with E-state index in [9.17, 15) is 4.39 Å². The Hall–Kier alpha value is -0.890. The quantitative estimate of drug-likeness (QED) is 0.493. The van der Waals surface area contributed by atoms with Crippen molar-refractivity contribution in [3.63, 3.8) is 0 Å². The molecular weight excluding hydrogens is 261 g/mol. The van der Waals surface area contributed by atoms with Gasteiger partial charge in [-0.15, -0.1) is 0 Å². The van der Waals surface area contributed by atoms with E-state index in [0.29, 0.717) is 6.04 Å². The van der Waals surface area contributed by atoms with E-state index in [0.717, 1.165) is 5.56 Å². The first-order chi connectivity index (χ1) is 10.2. The van der Waals surface area contributed by atoms with Crippen LogP contribution < -0.4 is 5.32 Å². The van der Waals surface area contributed by atoms with Crippen LogP contribution in [-0.2, 0) is 0 Å². The topological polar surface area (TPSA) is 12.0 Å². The smallest absolute Gasteiger partial charge is 0.127 e. The molecule has 1 N–H and O–H groups in total. The summed E-state index contributed by atoms with van der Waals surface area (Å²) in [6, 6.07) is 7.71. The summed E-state index contributed by atoms with van der Waals surface area (Å²) in [6.45, 7) is 6.55. The lowest BCUT2D eigenvalue weighted by Crippen LogP contribution is -2.32. The SMILES string of the molecule is CCCCCC(CCCCC)N[C@H](C)c1ccccc1F. The summed E-state index contributed by atoms with van der Waals surface area (Å²) in [7, 11) is 0. The van der Waals surface area contributed by atoms with Crippen molar-refractivity contribution in [2.24, 2.45) is 0 Å². The number of rotatable bonds is 11. The van der Waals surface area contributed by atoms with Gasteiger partial charge in [0, 0.05) is 17.6 Å². The molecule has 2 heteroatoms. The van der Waals surface area contributed by atoms with Gasteiger partial charge in [0.2, 0.25) is 0 Å². The summed E-state index contributed by atoms with van der Waals surface area (Å²) < 4.78 is 13.9. The molecule has 0 aliphatic heterocycles. The average molecular weight is 293 g/mol. The molecule has 1 nitrogen and oxygen atoms in total. The van der Waals surface area contributed by atoms with E-state index >= 15 is 0 Å². The monoisotopic (exact) mass is 293 g/mol. The van der Waals surface area contributed by atoms with Crippen LogP contribution in [0.25, 0.3) is 0 Å². The van der Waals surface area contributed by atoms with Gasteiger partial charge in [-0.25, -0.2) is 4.39 Å². The maximum absolute atomic E-state index is 13.9. The molecule has 0 aromatic heterocycles. The minimum Gasteiger partial charge on any atom is -0.307 e. The van der Waals surface area contributed by atoms with E-state index in [1.54, 1.807) is 12.1 Å². The van der Waals surface area contributed by atoms with Crippen LogP contribution in [0.4, 0.5) is 4.39 Å². The van der Waals surface area contributed by atoms with Crippen LogP contribution in [0.2, 0.25) is 0 Å². The second-order valence-corrected chi connectivity index (χ2v) is 6.10. The highest BCUT2D eigenvalue weighted by Crippen LogP contribution is 2.20. The first-order valence-electron chi connectivity index (χ1n) is 8.69. The van der Waals surface area contributed by atoms with Gasteiger partial charge < -0.3 is 5.32 Å². The summed E-state index contributed by atoms with van der Waals surface area (Å²) in [4.78, 5) is 0. The van der Waals surface area contributed by atoms with Gasteiger partial charge in [0.25, 0.3) is 0 Å². The molecule has 0 saturated carbocycles. The summed E-state index contributed by atoms with van der Waals surface area (Å²) in [5, 5.41) is 3.65. The lowest BCUT2D eigenvalue weighted by molar-refractivity contribution is 0.379. The molecule has 0 saturated heterocycles. The summed E-state index contributed by atoms with van der Waals surface area (Å²) >= 11 is 0. The molecule has 0 bridgehead atoms. The molecular formula is C19H32FN. The van der Waals surface area contributed by atoms with Crippen molar-refractivity contribution in [3.05, 3.63) is 35.6 Å². The molecule has 1 rings (SSSR count). The summed E-state index contributed by atoms with van der Waals surface area (Å²) in [5.41, 5.74) is 0.786. The van der Waals surface area contributed by atoms with Crippen LogP contribution in [0.1, 0.15) is 83.7 Å². The second-order valence-electron chi connectivity index (χ2n) is 6.10. The molecule has 1 aromatic rings. The Morgan fingerprint density at radius 3 is 2.05 bits per heavy atom. The Morgan fingerprint density at radius 2 is 1.52 bits per heavy atom. The fraction of sp³-hybridized carbons (Fsp3) is 0.684. The van der Waals surface area contributed by atoms with Crippen LogP contribution in [-0.4, -0.2) is 6.04 Å². The van der Waals surface area contributed by atoms with Crippen LogP contribution in [0, 0.1) is 5.82 Å². The number of nitrogens with one attached hydrogen (secondary N) is 1. The van der Waals surface area contributed by atoms with Crippen molar-refractivity contribution in [1.29, 1.82) is 0 Å². The predicted octanol–water partition coefficient (Wildman–Crippen LogP) is 6.01. The van der Waals surface area contributed by atoms with Crippen LogP contribution >= 0.6 is 0 Å². The van der Waals surface area contributed by atoms with Gasteiger partial charge in [-0.05, 0) is 25.8 Å². The molecule has 0 aliphatic rings. The number of benzene rings is 1. The van der Waals surface area contributed by atoms with Crippen LogP contribution in [0.5, 0.6) is 0 Å². The van der Waals surface area contributed by atoms with Crippen molar-refractivity contribution in [2.75, 3.05) is 0 Å². The number of hydrogen-bond donors (Lipinski definition) is 1. The minimum atomic E-state index is -0.0987. The molecule has 1 atom stereocenters. The predicted molar refractivity (Wildman–Crippen MR) is 90.0 cm³/mol. The summed E-state index contributed by atoms with van der Waals surface area (Å²) in [6.07, 6.45) is 10.0. The van der Waals surface area contributed by atoms with E-state index in [1.165, 1.54) is 51.4 Å². The molecule has 0 unspecified atom stereocenters.